The first-order chi connectivity index (χ1) is 16.3. The van der Waals surface area contributed by atoms with E-state index in [1.807, 2.05) is 13.8 Å². The topological polar surface area (TPSA) is 68.5 Å². The van der Waals surface area contributed by atoms with E-state index in [0.29, 0.717) is 16.8 Å². The fourth-order valence-corrected chi connectivity index (χ4v) is 3.95. The number of aliphatic hydroxyl groups is 1. The molecule has 35 heavy (non-hydrogen) atoms. The fourth-order valence-electron chi connectivity index (χ4n) is 3.95. The summed E-state index contributed by atoms with van der Waals surface area (Å²) in [4.78, 5) is 23.3. The zero-order valence-electron chi connectivity index (χ0n) is 20.6. The van der Waals surface area contributed by atoms with Crippen LogP contribution in [0.5, 0.6) is 5.75 Å². The molecular formula is C27H32F3NO4. The summed E-state index contributed by atoms with van der Waals surface area (Å²) in [5.41, 5.74) is -3.65. The van der Waals surface area contributed by atoms with Crippen LogP contribution in [0.15, 0.2) is 65.6 Å². The van der Waals surface area contributed by atoms with Crippen molar-refractivity contribution in [2.24, 2.45) is 0 Å². The Bertz CT molecular complexity index is 1220. The molecule has 0 saturated heterocycles. The third-order valence-electron chi connectivity index (χ3n) is 5.64. The van der Waals surface area contributed by atoms with E-state index in [4.69, 9.17) is 4.74 Å². The molecule has 0 aliphatic heterocycles. The van der Waals surface area contributed by atoms with Gasteiger partial charge in [-0.2, -0.15) is 13.2 Å². The van der Waals surface area contributed by atoms with E-state index in [1.165, 1.54) is 29.8 Å². The predicted octanol–water partition coefficient (Wildman–Crippen LogP) is 5.66. The number of para-hydroxylation sites is 1. The summed E-state index contributed by atoms with van der Waals surface area (Å²) >= 11 is 0. The summed E-state index contributed by atoms with van der Waals surface area (Å²) in [5.74, 6) is 0.178. The smallest absolute Gasteiger partial charge is 0.418 e. The quantitative estimate of drug-likeness (QED) is 0.442. The number of aromatic nitrogens is 1. The summed E-state index contributed by atoms with van der Waals surface area (Å²) in [5, 5.41) is 11.2. The van der Waals surface area contributed by atoms with Crippen LogP contribution in [0.2, 0.25) is 0 Å². The highest BCUT2D eigenvalue weighted by Gasteiger charge is 2.56. The van der Waals surface area contributed by atoms with Crippen LogP contribution in [0.1, 0.15) is 46.6 Å². The number of Topliss-reactive ketones (excluding diaryl/α,β-unsaturated/α-hetero) is 1. The maximum atomic E-state index is 14.2. The summed E-state index contributed by atoms with van der Waals surface area (Å²) < 4.78 is 49.3. The molecule has 0 spiro atoms. The Kier molecular flexibility index (Phi) is 8.89. The van der Waals surface area contributed by atoms with Crippen LogP contribution < -0.4 is 10.2 Å². The molecular weight excluding hydrogens is 459 g/mol. The lowest BCUT2D eigenvalue weighted by Crippen LogP contribution is -2.52. The Balaban J connectivity index is 0.00000210. The lowest BCUT2D eigenvalue weighted by molar-refractivity contribution is -0.271. The van der Waals surface area contributed by atoms with Crippen LogP contribution in [-0.4, -0.2) is 33.8 Å². The molecule has 1 N–H and O–H groups in total. The minimum absolute atomic E-state index is 0.143. The lowest BCUT2D eigenvalue weighted by Gasteiger charge is -2.38. The van der Waals surface area contributed by atoms with Crippen LogP contribution in [0, 0.1) is 0 Å². The minimum atomic E-state index is -4.93. The molecule has 5 nitrogen and oxygen atoms in total. The molecule has 0 bridgehead atoms. The van der Waals surface area contributed by atoms with Crippen molar-refractivity contribution in [3.05, 3.63) is 76.6 Å². The number of benzene rings is 2. The van der Waals surface area contributed by atoms with Crippen molar-refractivity contribution in [3.63, 3.8) is 0 Å². The number of fused-ring (bicyclic) bond motifs is 1. The van der Waals surface area contributed by atoms with Gasteiger partial charge >= 0.3 is 6.18 Å². The molecule has 0 saturated carbocycles. The van der Waals surface area contributed by atoms with E-state index in [2.05, 4.69) is 0 Å². The zero-order chi connectivity index (χ0) is 26.4. The highest BCUT2D eigenvalue weighted by molar-refractivity contribution is 5.78. The Morgan fingerprint density at radius 2 is 1.69 bits per heavy atom. The SMILES string of the molecule is CC.CC(=O)COc1cccc(C(C)(C)CC(O)(Cn2ccc(=O)c3ccccc32)C(F)(F)F)c1. The first kappa shape index (κ1) is 28.1. The second kappa shape index (κ2) is 11.1. The summed E-state index contributed by atoms with van der Waals surface area (Å²) in [7, 11) is 0. The number of ether oxygens (including phenoxy) is 1. The highest BCUT2D eigenvalue weighted by Crippen LogP contribution is 2.43. The van der Waals surface area contributed by atoms with E-state index >= 15 is 0 Å². The number of halogens is 3. The van der Waals surface area contributed by atoms with Gasteiger partial charge in [0.2, 0.25) is 0 Å². The average Bonchev–Trinajstić information content (AvgIpc) is 2.80. The number of rotatable bonds is 8. The van der Waals surface area contributed by atoms with Gasteiger partial charge in [-0.1, -0.05) is 52.0 Å². The maximum Gasteiger partial charge on any atom is 0.418 e. The Hall–Kier alpha value is -3.13. The van der Waals surface area contributed by atoms with Crippen LogP contribution in [-0.2, 0) is 16.8 Å². The van der Waals surface area contributed by atoms with Crippen LogP contribution >= 0.6 is 0 Å². The Morgan fingerprint density at radius 1 is 1.03 bits per heavy atom. The molecule has 8 heteroatoms. The van der Waals surface area contributed by atoms with Gasteiger partial charge in [-0.25, -0.2) is 0 Å². The van der Waals surface area contributed by atoms with Gasteiger partial charge in [0.15, 0.2) is 16.8 Å². The molecule has 190 valence electrons. The number of carbonyl (C=O) groups is 1. The standard InChI is InChI=1S/C25H26F3NO4.C2H6/c1-17(30)14-33-19-8-6-7-18(13-19)23(2,3)15-24(32,25(26,27)28)16-29-12-11-22(31)20-9-4-5-10-21(20)29;1-2/h4-13,32H,14-16H2,1-3H3;1-2H3. The van der Waals surface area contributed by atoms with Gasteiger partial charge in [0.1, 0.15) is 12.4 Å². The van der Waals surface area contributed by atoms with E-state index in [-0.39, 0.29) is 23.2 Å². The summed E-state index contributed by atoms with van der Waals surface area (Å²) in [6.07, 6.45) is -4.30. The third-order valence-corrected chi connectivity index (χ3v) is 5.64. The van der Waals surface area contributed by atoms with Crippen LogP contribution in [0.25, 0.3) is 10.9 Å². The van der Waals surface area contributed by atoms with Crippen molar-refractivity contribution in [2.75, 3.05) is 6.61 Å². The van der Waals surface area contributed by atoms with Crippen LogP contribution in [0.4, 0.5) is 13.2 Å². The molecule has 2 aromatic carbocycles. The second-order valence-electron chi connectivity index (χ2n) is 8.93. The Morgan fingerprint density at radius 3 is 2.31 bits per heavy atom. The van der Waals surface area contributed by atoms with Gasteiger partial charge in [0, 0.05) is 17.6 Å². The van der Waals surface area contributed by atoms with Gasteiger partial charge in [0.25, 0.3) is 0 Å². The van der Waals surface area contributed by atoms with Crippen molar-refractivity contribution in [2.45, 2.75) is 64.8 Å². The first-order valence-electron chi connectivity index (χ1n) is 11.4. The normalized spacial score (nSPS) is 13.5. The van der Waals surface area contributed by atoms with Gasteiger partial charge in [-0.15, -0.1) is 0 Å². The third kappa shape index (κ3) is 6.72. The highest BCUT2D eigenvalue weighted by atomic mass is 19.4. The molecule has 0 amide bonds. The number of hydrogen-bond donors (Lipinski definition) is 1. The molecule has 1 unspecified atom stereocenters. The number of nitrogens with zero attached hydrogens (tertiary/aromatic N) is 1. The number of carbonyl (C=O) groups excluding carboxylic acids is 1. The van der Waals surface area contributed by atoms with Gasteiger partial charge in [0.05, 0.1) is 12.1 Å². The van der Waals surface area contributed by atoms with E-state index in [0.717, 1.165) is 0 Å². The van der Waals surface area contributed by atoms with Crippen LogP contribution in [0.3, 0.4) is 0 Å². The minimum Gasteiger partial charge on any atom is -0.486 e. The lowest BCUT2D eigenvalue weighted by atomic mass is 9.74. The number of pyridine rings is 1. The van der Waals surface area contributed by atoms with Crippen molar-refractivity contribution in [3.8, 4) is 5.75 Å². The molecule has 0 radical (unpaired) electrons. The molecule has 1 atom stereocenters. The van der Waals surface area contributed by atoms with E-state index in [9.17, 15) is 27.9 Å². The first-order valence-corrected chi connectivity index (χ1v) is 11.4. The average molecular weight is 492 g/mol. The zero-order valence-corrected chi connectivity index (χ0v) is 20.6. The van der Waals surface area contributed by atoms with Crippen molar-refractivity contribution in [1.29, 1.82) is 0 Å². The van der Waals surface area contributed by atoms with Gasteiger partial charge in [-0.3, -0.25) is 9.59 Å². The molecule has 1 heterocycles. The van der Waals surface area contributed by atoms with Gasteiger partial charge < -0.3 is 14.4 Å². The molecule has 3 rings (SSSR count). The number of hydrogen-bond acceptors (Lipinski definition) is 4. The Labute approximate surface area is 203 Å². The van der Waals surface area contributed by atoms with Gasteiger partial charge in [-0.05, 0) is 48.6 Å². The van der Waals surface area contributed by atoms with Crippen molar-refractivity contribution < 1.29 is 27.8 Å². The number of alkyl halides is 3. The van der Waals surface area contributed by atoms with E-state index < -0.39 is 30.2 Å². The molecule has 0 aliphatic rings. The van der Waals surface area contributed by atoms with Crippen molar-refractivity contribution >= 4 is 16.7 Å². The maximum absolute atomic E-state index is 14.2. The predicted molar refractivity (Wildman–Crippen MR) is 131 cm³/mol. The second-order valence-corrected chi connectivity index (χ2v) is 8.93. The summed E-state index contributed by atoms with van der Waals surface area (Å²) in [6, 6.07) is 14.0. The van der Waals surface area contributed by atoms with Crippen molar-refractivity contribution in [1.82, 2.24) is 4.57 Å². The monoisotopic (exact) mass is 491 g/mol. The van der Waals surface area contributed by atoms with E-state index in [1.54, 1.807) is 56.3 Å². The molecule has 0 fully saturated rings. The molecule has 3 aromatic rings. The largest absolute Gasteiger partial charge is 0.486 e. The number of ketones is 1. The fraction of sp³-hybridized carbons (Fsp3) is 0.407. The molecule has 0 aliphatic carbocycles. The molecule has 1 aromatic heterocycles. The summed E-state index contributed by atoms with van der Waals surface area (Å²) in [6.45, 7) is 7.67.